The molecule has 1 heterocycles. The monoisotopic (exact) mass is 375 g/mol. The minimum absolute atomic E-state index is 0.824. The Balaban J connectivity index is 0.000000561. The van der Waals surface area contributed by atoms with Gasteiger partial charge in [0.15, 0.2) is 0 Å². The van der Waals surface area contributed by atoms with E-state index in [1.54, 1.807) is 0 Å². The molecular weight excluding hydrogens is 343 g/mol. The Hall–Kier alpha value is -0.340. The molecule has 1 saturated heterocycles. The number of likely N-dealkylation sites (tertiary alicyclic amines) is 1. The molecule has 0 spiro atoms. The van der Waals surface area contributed by atoms with Gasteiger partial charge in [0, 0.05) is 6.04 Å². The van der Waals surface area contributed by atoms with Gasteiger partial charge in [0.2, 0.25) is 0 Å². The number of unbranched alkanes of at least 4 members (excludes halogenated alkanes) is 5. The average Bonchev–Trinajstić information content (AvgIpc) is 2.45. The van der Waals surface area contributed by atoms with Crippen LogP contribution in [0.1, 0.15) is 72.1 Å². The lowest BCUT2D eigenvalue weighted by Crippen LogP contribution is -2.42. The molecule has 1 aliphatic rings. The second-order valence-electron chi connectivity index (χ2n) is 6.58. The molecule has 1 aliphatic heterocycles. The largest absolute Gasteiger partial charge is 0.522 e. The van der Waals surface area contributed by atoms with Gasteiger partial charge in [-0.15, -0.1) is 0 Å². The van der Waals surface area contributed by atoms with Crippen molar-refractivity contribution in [2.75, 3.05) is 13.1 Å². The van der Waals surface area contributed by atoms with Crippen molar-refractivity contribution in [3.8, 4) is 0 Å². The maximum Gasteiger partial charge on any atom is 0.522 e. The fraction of sp³-hybridized carbons (Fsp3) is 1.00. The number of hydrogen-bond acceptors (Lipinski definition) is 3. The first kappa shape index (κ1) is 23.7. The molecule has 0 aromatic rings. The molecule has 1 fully saturated rings. The molecule has 0 amide bonds. The second kappa shape index (κ2) is 11.3. The van der Waals surface area contributed by atoms with E-state index >= 15 is 0 Å². The summed E-state index contributed by atoms with van der Waals surface area (Å²) in [5.41, 5.74) is -5.53. The number of alkyl halides is 3. The Morgan fingerprint density at radius 3 is 2.08 bits per heavy atom. The van der Waals surface area contributed by atoms with E-state index in [-0.39, 0.29) is 0 Å². The predicted molar refractivity (Wildman–Crippen MR) is 90.4 cm³/mol. The third kappa shape index (κ3) is 9.84. The molecule has 0 aromatic heterocycles. The third-order valence-corrected chi connectivity index (χ3v) is 5.18. The fourth-order valence-corrected chi connectivity index (χ4v) is 2.83. The summed E-state index contributed by atoms with van der Waals surface area (Å²) in [4.78, 5) is 2.72. The van der Waals surface area contributed by atoms with E-state index in [0.29, 0.717) is 0 Å². The van der Waals surface area contributed by atoms with Crippen LogP contribution in [-0.4, -0.2) is 42.5 Å². The lowest BCUT2D eigenvalue weighted by molar-refractivity contribution is -0.0510. The normalized spacial score (nSPS) is 22.8. The highest BCUT2D eigenvalue weighted by Crippen LogP contribution is 2.23. The predicted octanol–water partition coefficient (Wildman–Crippen LogP) is 4.86. The van der Waals surface area contributed by atoms with E-state index in [1.807, 2.05) is 0 Å². The summed E-state index contributed by atoms with van der Waals surface area (Å²) in [5, 5.41) is 0. The topological polar surface area (TPSA) is 57.6 Å². The number of nitrogens with zero attached hydrogens (tertiary/aromatic N) is 1. The minimum atomic E-state index is -5.84. The zero-order chi connectivity index (χ0) is 18.8. The SMILES string of the molecule is CCCCCCCCN1CCCC(C)C1C.O=S(=O)(O)C(F)(F)F. The number of halogens is 3. The number of hydrogen-bond donors (Lipinski definition) is 1. The van der Waals surface area contributed by atoms with Crippen LogP contribution in [0.15, 0.2) is 0 Å². The van der Waals surface area contributed by atoms with Gasteiger partial charge in [0.05, 0.1) is 0 Å². The van der Waals surface area contributed by atoms with Gasteiger partial charge in [0.1, 0.15) is 0 Å². The zero-order valence-corrected chi connectivity index (χ0v) is 15.8. The van der Waals surface area contributed by atoms with Crippen LogP contribution >= 0.6 is 0 Å². The van der Waals surface area contributed by atoms with E-state index in [1.165, 1.54) is 64.5 Å². The van der Waals surface area contributed by atoms with Crippen LogP contribution < -0.4 is 0 Å². The van der Waals surface area contributed by atoms with Crippen molar-refractivity contribution >= 4 is 10.1 Å². The van der Waals surface area contributed by atoms with Gasteiger partial charge < -0.3 is 4.90 Å². The smallest absolute Gasteiger partial charge is 0.300 e. The second-order valence-corrected chi connectivity index (χ2v) is 8.00. The maximum atomic E-state index is 10.7. The summed E-state index contributed by atoms with van der Waals surface area (Å²) in [6.07, 6.45) is 11.4. The van der Waals surface area contributed by atoms with Crippen molar-refractivity contribution < 1.29 is 26.1 Å². The standard InChI is InChI=1S/C15H31N.CHF3O3S/c1-4-5-6-7-8-9-12-16-13-10-11-14(2)15(16)3;2-1(3,4)8(5,6)7/h14-15H,4-13H2,1-3H3;(H,5,6,7). The Morgan fingerprint density at radius 1 is 1.08 bits per heavy atom. The van der Waals surface area contributed by atoms with Crippen molar-refractivity contribution in [2.45, 2.75) is 83.7 Å². The highest BCUT2D eigenvalue weighted by Gasteiger charge is 2.44. The molecule has 1 rings (SSSR count). The summed E-state index contributed by atoms with van der Waals surface area (Å²) in [5.74, 6) is 0.911. The van der Waals surface area contributed by atoms with Gasteiger partial charge in [-0.3, -0.25) is 4.55 Å². The zero-order valence-electron chi connectivity index (χ0n) is 15.0. The van der Waals surface area contributed by atoms with Crippen LogP contribution in [0.5, 0.6) is 0 Å². The number of piperidine rings is 1. The molecule has 24 heavy (non-hydrogen) atoms. The van der Waals surface area contributed by atoms with E-state index in [2.05, 4.69) is 25.7 Å². The van der Waals surface area contributed by atoms with Crippen molar-refractivity contribution in [3.05, 3.63) is 0 Å². The molecular formula is C16H32F3NO3S. The quantitative estimate of drug-likeness (QED) is 0.392. The van der Waals surface area contributed by atoms with E-state index in [4.69, 9.17) is 13.0 Å². The highest BCUT2D eigenvalue weighted by atomic mass is 32.2. The van der Waals surface area contributed by atoms with Gasteiger partial charge in [-0.25, -0.2) is 0 Å². The van der Waals surface area contributed by atoms with Gasteiger partial charge in [0.25, 0.3) is 0 Å². The minimum Gasteiger partial charge on any atom is -0.300 e. The summed E-state index contributed by atoms with van der Waals surface area (Å²) >= 11 is 0. The molecule has 1 N–H and O–H groups in total. The molecule has 0 bridgehead atoms. The van der Waals surface area contributed by atoms with E-state index in [0.717, 1.165) is 12.0 Å². The molecule has 0 aromatic carbocycles. The van der Waals surface area contributed by atoms with Crippen molar-refractivity contribution in [3.63, 3.8) is 0 Å². The first-order valence-electron chi connectivity index (χ1n) is 8.78. The summed E-state index contributed by atoms with van der Waals surface area (Å²) in [6.45, 7) is 9.81. The van der Waals surface area contributed by atoms with Crippen LogP contribution in [0.2, 0.25) is 0 Å². The molecule has 0 aliphatic carbocycles. The average molecular weight is 375 g/mol. The lowest BCUT2D eigenvalue weighted by Gasteiger charge is -2.37. The summed E-state index contributed by atoms with van der Waals surface area (Å²) < 4.78 is 57.5. The van der Waals surface area contributed by atoms with Crippen molar-refractivity contribution in [1.29, 1.82) is 0 Å². The molecule has 8 heteroatoms. The van der Waals surface area contributed by atoms with E-state index in [9.17, 15) is 13.2 Å². The van der Waals surface area contributed by atoms with Crippen LogP contribution in [-0.2, 0) is 10.1 Å². The number of rotatable bonds is 7. The Kier molecular flexibility index (Phi) is 11.1. The summed E-state index contributed by atoms with van der Waals surface area (Å²) in [6, 6.07) is 0.824. The van der Waals surface area contributed by atoms with Crippen molar-refractivity contribution in [2.24, 2.45) is 5.92 Å². The Bertz CT molecular complexity index is 427. The van der Waals surface area contributed by atoms with Crippen LogP contribution in [0.4, 0.5) is 13.2 Å². The van der Waals surface area contributed by atoms with Crippen LogP contribution in [0, 0.1) is 5.92 Å². The first-order chi connectivity index (χ1) is 11.0. The lowest BCUT2D eigenvalue weighted by atomic mass is 9.92. The molecule has 0 radical (unpaired) electrons. The van der Waals surface area contributed by atoms with Gasteiger partial charge in [-0.1, -0.05) is 46.0 Å². The molecule has 2 atom stereocenters. The molecule has 4 nitrogen and oxygen atoms in total. The van der Waals surface area contributed by atoms with Gasteiger partial charge >= 0.3 is 15.6 Å². The first-order valence-corrected chi connectivity index (χ1v) is 10.2. The molecule has 2 unspecified atom stereocenters. The Labute approximate surface area is 144 Å². The molecule has 0 saturated carbocycles. The fourth-order valence-electron chi connectivity index (χ4n) is 2.83. The van der Waals surface area contributed by atoms with Crippen LogP contribution in [0.25, 0.3) is 0 Å². The molecule has 146 valence electrons. The van der Waals surface area contributed by atoms with Gasteiger partial charge in [-0.05, 0) is 45.2 Å². The maximum absolute atomic E-state index is 10.7. The summed E-state index contributed by atoms with van der Waals surface area (Å²) in [7, 11) is -5.84. The highest BCUT2D eigenvalue weighted by molar-refractivity contribution is 7.86. The van der Waals surface area contributed by atoms with E-state index < -0.39 is 15.6 Å². The van der Waals surface area contributed by atoms with Crippen LogP contribution in [0.3, 0.4) is 0 Å². The Morgan fingerprint density at radius 2 is 1.58 bits per heavy atom. The van der Waals surface area contributed by atoms with Gasteiger partial charge in [-0.2, -0.15) is 21.6 Å². The van der Waals surface area contributed by atoms with Crippen molar-refractivity contribution in [1.82, 2.24) is 4.90 Å². The third-order valence-electron chi connectivity index (χ3n) is 4.60.